The Bertz CT molecular complexity index is 752. The predicted molar refractivity (Wildman–Crippen MR) is 90.8 cm³/mol. The fraction of sp³-hybridized carbons (Fsp3) is 0.333. The van der Waals surface area contributed by atoms with Crippen molar-refractivity contribution in [3.63, 3.8) is 0 Å². The number of thiazole rings is 1. The Morgan fingerprint density at radius 3 is 2.78 bits per heavy atom. The largest absolute Gasteiger partial charge is 0.495 e. The van der Waals surface area contributed by atoms with Crippen LogP contribution >= 0.6 is 11.3 Å². The average Bonchev–Trinajstić information content (AvgIpc) is 3.09. The molecule has 0 atom stereocenters. The minimum absolute atomic E-state index is 0.0764. The van der Waals surface area contributed by atoms with Crippen LogP contribution in [0.3, 0.4) is 0 Å². The number of para-hydroxylation sites is 1. The van der Waals surface area contributed by atoms with Crippen molar-refractivity contribution < 1.29 is 9.53 Å². The lowest BCUT2D eigenvalue weighted by Gasteiger charge is -2.25. The molecule has 0 saturated carbocycles. The van der Waals surface area contributed by atoms with E-state index < -0.39 is 0 Å². The van der Waals surface area contributed by atoms with Gasteiger partial charge in [-0.3, -0.25) is 4.79 Å². The van der Waals surface area contributed by atoms with E-state index in [-0.39, 0.29) is 5.91 Å². The number of rotatable bonds is 2. The number of amides is 1. The van der Waals surface area contributed by atoms with Crippen LogP contribution in [0.25, 0.3) is 0 Å². The minimum atomic E-state index is 0.0764. The monoisotopic (exact) mass is 326 g/mol. The van der Waals surface area contributed by atoms with Crippen LogP contribution in [0.15, 0.2) is 30.5 Å². The van der Waals surface area contributed by atoms with Gasteiger partial charge < -0.3 is 9.64 Å². The van der Waals surface area contributed by atoms with Crippen molar-refractivity contribution >= 4 is 17.2 Å². The molecule has 0 spiro atoms. The standard InChI is InChI=1S/C18H18N2O2S/c1-22-15-8-4-3-7-14(15)9-10-17-19-13-16(23-17)18(21)20-11-5-2-6-12-20/h3-4,7-8,13H,2,5-6,11-12H2,1H3. The SMILES string of the molecule is COc1ccccc1C#Cc1ncc(C(=O)N2CCCCC2)s1. The minimum Gasteiger partial charge on any atom is -0.495 e. The predicted octanol–water partition coefficient (Wildman–Crippen LogP) is 3.18. The van der Waals surface area contributed by atoms with Gasteiger partial charge in [-0.05, 0) is 37.3 Å². The summed E-state index contributed by atoms with van der Waals surface area (Å²) in [7, 11) is 1.62. The quantitative estimate of drug-likeness (QED) is 0.796. The molecule has 1 saturated heterocycles. The number of carbonyl (C=O) groups is 1. The van der Waals surface area contributed by atoms with Gasteiger partial charge in [-0.1, -0.05) is 18.1 Å². The normalized spacial score (nSPS) is 14.0. The first-order valence-electron chi connectivity index (χ1n) is 7.68. The van der Waals surface area contributed by atoms with Gasteiger partial charge in [-0.2, -0.15) is 0 Å². The van der Waals surface area contributed by atoms with E-state index in [1.54, 1.807) is 13.3 Å². The lowest BCUT2D eigenvalue weighted by Crippen LogP contribution is -2.35. The van der Waals surface area contributed by atoms with Crippen molar-refractivity contribution in [1.29, 1.82) is 0 Å². The summed E-state index contributed by atoms with van der Waals surface area (Å²) in [5.41, 5.74) is 0.814. The molecule has 1 aromatic heterocycles. The molecule has 118 valence electrons. The number of hydrogen-bond donors (Lipinski definition) is 0. The van der Waals surface area contributed by atoms with Gasteiger partial charge in [-0.15, -0.1) is 11.3 Å². The van der Waals surface area contributed by atoms with Crippen molar-refractivity contribution in [3.8, 4) is 17.6 Å². The maximum atomic E-state index is 12.4. The van der Waals surface area contributed by atoms with E-state index in [1.807, 2.05) is 29.2 Å². The lowest BCUT2D eigenvalue weighted by atomic mass is 10.1. The Morgan fingerprint density at radius 2 is 2.00 bits per heavy atom. The van der Waals surface area contributed by atoms with Gasteiger partial charge >= 0.3 is 0 Å². The molecule has 23 heavy (non-hydrogen) atoms. The highest BCUT2D eigenvalue weighted by atomic mass is 32.1. The Morgan fingerprint density at radius 1 is 1.22 bits per heavy atom. The fourth-order valence-electron chi connectivity index (χ4n) is 2.55. The van der Waals surface area contributed by atoms with Crippen molar-refractivity contribution in [3.05, 3.63) is 45.9 Å². The van der Waals surface area contributed by atoms with E-state index in [0.717, 1.165) is 37.2 Å². The van der Waals surface area contributed by atoms with E-state index in [4.69, 9.17) is 4.74 Å². The second kappa shape index (κ2) is 7.30. The fourth-order valence-corrected chi connectivity index (χ4v) is 3.29. The van der Waals surface area contributed by atoms with E-state index in [0.29, 0.717) is 9.88 Å². The zero-order chi connectivity index (χ0) is 16.1. The Balaban J connectivity index is 1.75. The van der Waals surface area contributed by atoms with Crippen LogP contribution in [0, 0.1) is 11.8 Å². The van der Waals surface area contributed by atoms with Gasteiger partial charge in [0.05, 0.1) is 18.9 Å². The van der Waals surface area contributed by atoms with Gasteiger partial charge in [-0.25, -0.2) is 4.98 Å². The third kappa shape index (κ3) is 3.72. The second-order valence-electron chi connectivity index (χ2n) is 5.33. The highest BCUT2D eigenvalue weighted by molar-refractivity contribution is 7.14. The van der Waals surface area contributed by atoms with E-state index in [1.165, 1.54) is 17.8 Å². The molecular formula is C18H18N2O2S. The number of ether oxygens (including phenoxy) is 1. The van der Waals surface area contributed by atoms with Crippen LogP contribution < -0.4 is 4.74 Å². The Hall–Kier alpha value is -2.32. The van der Waals surface area contributed by atoms with Crippen LogP contribution in [0.2, 0.25) is 0 Å². The molecule has 3 rings (SSSR count). The molecule has 2 heterocycles. The Labute approximate surface area is 140 Å². The number of aromatic nitrogens is 1. The molecule has 0 aliphatic carbocycles. The van der Waals surface area contributed by atoms with Crippen molar-refractivity contribution in [2.24, 2.45) is 0 Å². The molecule has 5 heteroatoms. The number of piperidine rings is 1. The van der Waals surface area contributed by atoms with Gasteiger partial charge in [0.15, 0.2) is 5.01 Å². The molecule has 0 N–H and O–H groups in total. The number of carbonyl (C=O) groups excluding carboxylic acids is 1. The molecule has 1 aliphatic heterocycles. The molecule has 1 aromatic carbocycles. The number of likely N-dealkylation sites (tertiary alicyclic amines) is 1. The summed E-state index contributed by atoms with van der Waals surface area (Å²) in [6, 6.07) is 7.60. The van der Waals surface area contributed by atoms with Gasteiger partial charge in [0.1, 0.15) is 10.6 Å². The zero-order valence-electron chi connectivity index (χ0n) is 13.0. The van der Waals surface area contributed by atoms with Crippen molar-refractivity contribution in [2.75, 3.05) is 20.2 Å². The molecule has 2 aromatic rings. The van der Waals surface area contributed by atoms with Gasteiger partial charge in [0.2, 0.25) is 0 Å². The van der Waals surface area contributed by atoms with Gasteiger partial charge in [0, 0.05) is 13.1 Å². The molecule has 0 radical (unpaired) electrons. The summed E-state index contributed by atoms with van der Waals surface area (Å²) < 4.78 is 5.28. The number of nitrogens with zero attached hydrogens (tertiary/aromatic N) is 2. The summed E-state index contributed by atoms with van der Waals surface area (Å²) >= 11 is 1.35. The first-order valence-corrected chi connectivity index (χ1v) is 8.50. The van der Waals surface area contributed by atoms with Crippen molar-refractivity contribution in [2.45, 2.75) is 19.3 Å². The third-order valence-electron chi connectivity index (χ3n) is 3.77. The smallest absolute Gasteiger partial charge is 0.265 e. The van der Waals surface area contributed by atoms with Crippen LogP contribution in [-0.2, 0) is 0 Å². The highest BCUT2D eigenvalue weighted by Gasteiger charge is 2.19. The first-order chi connectivity index (χ1) is 11.3. The summed E-state index contributed by atoms with van der Waals surface area (Å²) in [5.74, 6) is 6.89. The zero-order valence-corrected chi connectivity index (χ0v) is 13.9. The molecule has 4 nitrogen and oxygen atoms in total. The van der Waals surface area contributed by atoms with Crippen LogP contribution in [-0.4, -0.2) is 36.0 Å². The third-order valence-corrected chi connectivity index (χ3v) is 4.67. The molecule has 1 amide bonds. The maximum Gasteiger partial charge on any atom is 0.265 e. The summed E-state index contributed by atoms with van der Waals surface area (Å²) in [6.45, 7) is 1.69. The van der Waals surface area contributed by atoms with Crippen LogP contribution in [0.4, 0.5) is 0 Å². The maximum absolute atomic E-state index is 12.4. The summed E-state index contributed by atoms with van der Waals surface area (Å²) in [4.78, 5) is 19.2. The molecule has 0 bridgehead atoms. The average molecular weight is 326 g/mol. The number of methoxy groups -OCH3 is 1. The van der Waals surface area contributed by atoms with Crippen molar-refractivity contribution in [1.82, 2.24) is 9.88 Å². The lowest BCUT2D eigenvalue weighted by molar-refractivity contribution is 0.0729. The molecular weight excluding hydrogens is 308 g/mol. The molecule has 1 fully saturated rings. The molecule has 1 aliphatic rings. The van der Waals surface area contributed by atoms with Gasteiger partial charge in [0.25, 0.3) is 5.91 Å². The van der Waals surface area contributed by atoms with Crippen LogP contribution in [0.1, 0.15) is 39.5 Å². The Kier molecular flexibility index (Phi) is 4.94. The topological polar surface area (TPSA) is 42.4 Å². The van der Waals surface area contributed by atoms with E-state index >= 15 is 0 Å². The number of hydrogen-bond acceptors (Lipinski definition) is 4. The van der Waals surface area contributed by atoms with Crippen LogP contribution in [0.5, 0.6) is 5.75 Å². The molecule has 0 unspecified atom stereocenters. The first kappa shape index (κ1) is 15.6. The highest BCUT2D eigenvalue weighted by Crippen LogP contribution is 2.19. The number of benzene rings is 1. The van der Waals surface area contributed by atoms with E-state index in [2.05, 4.69) is 16.8 Å². The van der Waals surface area contributed by atoms with E-state index in [9.17, 15) is 4.79 Å². The second-order valence-corrected chi connectivity index (χ2v) is 6.36. The summed E-state index contributed by atoms with van der Waals surface area (Å²) in [6.07, 6.45) is 5.02. The summed E-state index contributed by atoms with van der Waals surface area (Å²) in [5, 5.41) is 0.649.